The van der Waals surface area contributed by atoms with Gasteiger partial charge >= 0.3 is 0 Å². The van der Waals surface area contributed by atoms with Crippen molar-refractivity contribution in [2.24, 2.45) is 0 Å². The number of hydrogen-bond donors (Lipinski definition) is 2. The first-order valence-electron chi connectivity index (χ1n) is 10.6. The molecule has 0 fully saturated rings. The van der Waals surface area contributed by atoms with E-state index < -0.39 is 6.23 Å². The van der Waals surface area contributed by atoms with E-state index in [0.717, 1.165) is 39.5 Å². The monoisotopic (exact) mass is 449 g/mol. The number of thioether (sulfide) groups is 1. The molecule has 1 unspecified atom stereocenters. The van der Waals surface area contributed by atoms with E-state index in [4.69, 9.17) is 9.72 Å². The molecule has 0 bridgehead atoms. The quantitative estimate of drug-likeness (QED) is 0.205. The van der Waals surface area contributed by atoms with E-state index in [2.05, 4.69) is 32.0 Å². The summed E-state index contributed by atoms with van der Waals surface area (Å²) >= 11 is 1.70. The molecular formula is C24H27N5O2S. The van der Waals surface area contributed by atoms with Crippen molar-refractivity contribution in [2.75, 3.05) is 20.3 Å². The zero-order valence-corrected chi connectivity index (χ0v) is 18.8. The first kappa shape index (κ1) is 22.4. The normalized spacial score (nSPS) is 12.3. The molecule has 0 saturated heterocycles. The summed E-state index contributed by atoms with van der Waals surface area (Å²) in [5.74, 6) is 0.819. The van der Waals surface area contributed by atoms with Gasteiger partial charge in [-0.1, -0.05) is 36.0 Å². The Labute approximate surface area is 191 Å². The molecule has 4 aromatic rings. The highest BCUT2D eigenvalue weighted by atomic mass is 32.2. The van der Waals surface area contributed by atoms with Crippen LogP contribution >= 0.6 is 11.8 Å². The van der Waals surface area contributed by atoms with Crippen molar-refractivity contribution in [2.45, 2.75) is 30.1 Å². The van der Waals surface area contributed by atoms with Gasteiger partial charge in [0.05, 0.1) is 23.8 Å². The Bertz CT molecular complexity index is 1120. The van der Waals surface area contributed by atoms with E-state index >= 15 is 0 Å². The fourth-order valence-corrected chi connectivity index (χ4v) is 4.37. The van der Waals surface area contributed by atoms with Gasteiger partial charge in [-0.2, -0.15) is 0 Å². The number of ether oxygens (including phenoxy) is 1. The number of fused-ring (bicyclic) bond motifs is 1. The molecule has 32 heavy (non-hydrogen) atoms. The predicted octanol–water partition coefficient (Wildman–Crippen LogP) is 3.78. The molecule has 0 amide bonds. The first-order chi connectivity index (χ1) is 15.7. The maximum atomic E-state index is 10.3. The largest absolute Gasteiger partial charge is 0.385 e. The Morgan fingerprint density at radius 3 is 2.59 bits per heavy atom. The van der Waals surface area contributed by atoms with Crippen LogP contribution in [0, 0.1) is 0 Å². The molecule has 3 aromatic heterocycles. The second kappa shape index (κ2) is 11.2. The number of imidazole rings is 1. The van der Waals surface area contributed by atoms with Crippen LogP contribution in [0.2, 0.25) is 0 Å². The van der Waals surface area contributed by atoms with Gasteiger partial charge in [0.2, 0.25) is 0 Å². The fraction of sp³-hybridized carbons (Fsp3) is 0.292. The summed E-state index contributed by atoms with van der Waals surface area (Å²) in [6, 6.07) is 14.0. The summed E-state index contributed by atoms with van der Waals surface area (Å²) in [7, 11) is 1.68. The van der Waals surface area contributed by atoms with E-state index in [0.29, 0.717) is 19.7 Å². The molecule has 3 heterocycles. The Morgan fingerprint density at radius 2 is 1.81 bits per heavy atom. The summed E-state index contributed by atoms with van der Waals surface area (Å²) in [6.45, 7) is 2.05. The lowest BCUT2D eigenvalue weighted by Crippen LogP contribution is -2.22. The third-order valence-corrected chi connectivity index (χ3v) is 6.18. The number of aliphatic hydroxyl groups excluding tert-OH is 1. The van der Waals surface area contributed by atoms with Crippen molar-refractivity contribution in [3.05, 3.63) is 83.9 Å². The molecule has 2 N–H and O–H groups in total. The van der Waals surface area contributed by atoms with Crippen molar-refractivity contribution >= 4 is 22.8 Å². The third kappa shape index (κ3) is 5.72. The van der Waals surface area contributed by atoms with Gasteiger partial charge in [0.25, 0.3) is 0 Å². The van der Waals surface area contributed by atoms with Crippen LogP contribution in [-0.2, 0) is 17.0 Å². The number of hydrogen-bond acceptors (Lipinski definition) is 7. The Balaban J connectivity index is 1.48. The van der Waals surface area contributed by atoms with Crippen molar-refractivity contribution in [3.63, 3.8) is 0 Å². The zero-order valence-electron chi connectivity index (χ0n) is 18.0. The molecule has 0 spiro atoms. The van der Waals surface area contributed by atoms with E-state index in [1.165, 1.54) is 5.56 Å². The topological polar surface area (TPSA) is 85.1 Å². The lowest BCUT2D eigenvalue weighted by molar-refractivity contribution is 0.131. The second-order valence-electron chi connectivity index (χ2n) is 7.43. The minimum absolute atomic E-state index is 0.674. The van der Waals surface area contributed by atoms with E-state index in [9.17, 15) is 5.11 Å². The van der Waals surface area contributed by atoms with Crippen molar-refractivity contribution in [1.82, 2.24) is 24.8 Å². The molecule has 0 radical (unpaired) electrons. The van der Waals surface area contributed by atoms with Crippen molar-refractivity contribution < 1.29 is 9.84 Å². The number of benzene rings is 1. The SMILES string of the molecule is COCCCNC(O)c1ccc(Cn2c(SCc3ccncc3)nc3ccncc32)cc1. The van der Waals surface area contributed by atoms with E-state index in [-0.39, 0.29) is 0 Å². The molecule has 4 rings (SSSR count). The number of aromatic nitrogens is 4. The van der Waals surface area contributed by atoms with Gasteiger partial charge < -0.3 is 14.4 Å². The van der Waals surface area contributed by atoms with Crippen LogP contribution in [-0.4, -0.2) is 44.9 Å². The number of rotatable bonds is 11. The van der Waals surface area contributed by atoms with Gasteiger partial charge in [0.15, 0.2) is 5.16 Å². The van der Waals surface area contributed by atoms with Crippen LogP contribution in [0.25, 0.3) is 11.0 Å². The first-order valence-corrected chi connectivity index (χ1v) is 11.5. The van der Waals surface area contributed by atoms with Crippen LogP contribution in [0.3, 0.4) is 0 Å². The Hall–Kier alpha value is -2.78. The van der Waals surface area contributed by atoms with Crippen LogP contribution in [0.15, 0.2) is 72.4 Å². The highest BCUT2D eigenvalue weighted by Gasteiger charge is 2.13. The Morgan fingerprint density at radius 1 is 1.03 bits per heavy atom. The number of aliphatic hydroxyl groups is 1. The smallest absolute Gasteiger partial charge is 0.169 e. The van der Waals surface area contributed by atoms with Crippen molar-refractivity contribution in [1.29, 1.82) is 0 Å². The van der Waals surface area contributed by atoms with Gasteiger partial charge in [-0.25, -0.2) is 4.98 Å². The summed E-state index contributed by atoms with van der Waals surface area (Å²) in [5.41, 5.74) is 5.13. The van der Waals surface area contributed by atoms with Gasteiger partial charge in [0.1, 0.15) is 6.23 Å². The number of pyridine rings is 2. The lowest BCUT2D eigenvalue weighted by atomic mass is 10.1. The summed E-state index contributed by atoms with van der Waals surface area (Å²) in [5, 5.41) is 14.4. The molecule has 1 aromatic carbocycles. The Kier molecular flexibility index (Phi) is 7.84. The predicted molar refractivity (Wildman–Crippen MR) is 126 cm³/mol. The number of nitrogens with zero attached hydrogens (tertiary/aromatic N) is 4. The van der Waals surface area contributed by atoms with Crippen LogP contribution < -0.4 is 5.32 Å². The van der Waals surface area contributed by atoms with E-state index in [1.807, 2.05) is 48.9 Å². The molecule has 8 heteroatoms. The van der Waals surface area contributed by atoms with Gasteiger partial charge in [-0.15, -0.1) is 0 Å². The maximum Gasteiger partial charge on any atom is 0.169 e. The zero-order chi connectivity index (χ0) is 22.2. The average molecular weight is 450 g/mol. The summed E-state index contributed by atoms with van der Waals surface area (Å²) in [6.07, 6.45) is 7.42. The van der Waals surface area contributed by atoms with Gasteiger partial charge in [-0.3, -0.25) is 15.3 Å². The minimum Gasteiger partial charge on any atom is -0.385 e. The molecule has 7 nitrogen and oxygen atoms in total. The fourth-order valence-electron chi connectivity index (χ4n) is 3.40. The van der Waals surface area contributed by atoms with Crippen LogP contribution in [0.1, 0.15) is 29.3 Å². The summed E-state index contributed by atoms with van der Waals surface area (Å²) < 4.78 is 7.24. The second-order valence-corrected chi connectivity index (χ2v) is 8.38. The summed E-state index contributed by atoms with van der Waals surface area (Å²) in [4.78, 5) is 13.2. The van der Waals surface area contributed by atoms with Crippen molar-refractivity contribution in [3.8, 4) is 0 Å². The molecule has 0 aliphatic heterocycles. The lowest BCUT2D eigenvalue weighted by Gasteiger charge is -2.14. The minimum atomic E-state index is -0.689. The van der Waals surface area contributed by atoms with E-state index in [1.54, 1.807) is 25.1 Å². The number of methoxy groups -OCH3 is 1. The molecule has 1 atom stereocenters. The highest BCUT2D eigenvalue weighted by molar-refractivity contribution is 7.98. The molecule has 166 valence electrons. The van der Waals surface area contributed by atoms with Crippen LogP contribution in [0.5, 0.6) is 0 Å². The third-order valence-electron chi connectivity index (χ3n) is 5.13. The molecular weight excluding hydrogens is 422 g/mol. The number of nitrogens with one attached hydrogen (secondary N) is 1. The van der Waals surface area contributed by atoms with Gasteiger partial charge in [0, 0.05) is 38.1 Å². The van der Waals surface area contributed by atoms with Gasteiger partial charge in [-0.05, 0) is 47.9 Å². The molecule has 0 saturated carbocycles. The average Bonchev–Trinajstić information content (AvgIpc) is 3.19. The molecule has 0 aliphatic rings. The van der Waals surface area contributed by atoms with Crippen LogP contribution in [0.4, 0.5) is 0 Å². The standard InChI is InChI=1S/C24H27N5O2S/c1-31-14-2-10-27-23(30)20-5-3-18(4-6-20)16-29-22-15-26-13-9-21(22)28-24(29)32-17-19-7-11-25-12-8-19/h3-9,11-13,15,23,27,30H,2,10,14,16-17H2,1H3. The molecule has 0 aliphatic carbocycles. The maximum absolute atomic E-state index is 10.3. The highest BCUT2D eigenvalue weighted by Crippen LogP contribution is 2.27.